The minimum absolute atomic E-state index is 0.130. The van der Waals surface area contributed by atoms with Crippen molar-refractivity contribution in [3.05, 3.63) is 120 Å². The molecule has 5 heteroatoms. The van der Waals surface area contributed by atoms with Crippen molar-refractivity contribution < 1.29 is 14.3 Å². The smallest absolute Gasteiger partial charge is 0.262 e. The average Bonchev–Trinajstić information content (AvgIpc) is 2.87. The van der Waals surface area contributed by atoms with Crippen LogP contribution in [0.2, 0.25) is 0 Å². The molecule has 5 nitrogen and oxygen atoms in total. The molecule has 0 bridgehead atoms. The molecule has 164 valence electrons. The molecule has 33 heavy (non-hydrogen) atoms. The predicted octanol–water partition coefficient (Wildman–Crippen LogP) is 5.30. The van der Waals surface area contributed by atoms with Gasteiger partial charge in [-0.1, -0.05) is 78.9 Å². The van der Waals surface area contributed by atoms with Crippen LogP contribution in [0.5, 0.6) is 5.75 Å². The Morgan fingerprint density at radius 3 is 2.09 bits per heavy atom. The molecule has 2 N–H and O–H groups in total. The van der Waals surface area contributed by atoms with Gasteiger partial charge in [-0.15, -0.1) is 0 Å². The fourth-order valence-electron chi connectivity index (χ4n) is 3.34. The Morgan fingerprint density at radius 2 is 1.36 bits per heavy atom. The van der Waals surface area contributed by atoms with Gasteiger partial charge in [0, 0.05) is 17.8 Å². The Bertz CT molecular complexity index is 1210. The second-order valence-corrected chi connectivity index (χ2v) is 7.48. The van der Waals surface area contributed by atoms with Gasteiger partial charge in [0.15, 0.2) is 6.61 Å². The highest BCUT2D eigenvalue weighted by Crippen LogP contribution is 2.22. The molecule has 0 spiro atoms. The van der Waals surface area contributed by atoms with E-state index in [1.165, 1.54) is 0 Å². The Labute approximate surface area is 193 Å². The van der Waals surface area contributed by atoms with Crippen molar-refractivity contribution in [3.63, 3.8) is 0 Å². The van der Waals surface area contributed by atoms with E-state index in [2.05, 4.69) is 10.6 Å². The van der Waals surface area contributed by atoms with Gasteiger partial charge in [0.1, 0.15) is 5.75 Å². The summed E-state index contributed by atoms with van der Waals surface area (Å²) < 4.78 is 5.60. The number of nitrogens with one attached hydrogen (secondary N) is 2. The molecule has 0 aliphatic rings. The summed E-state index contributed by atoms with van der Waals surface area (Å²) in [6.45, 7) is 0.308. The average molecular weight is 437 g/mol. The van der Waals surface area contributed by atoms with Crippen LogP contribution in [0.25, 0.3) is 11.1 Å². The van der Waals surface area contributed by atoms with E-state index >= 15 is 0 Å². The molecule has 0 saturated carbocycles. The third-order valence-corrected chi connectivity index (χ3v) is 5.04. The normalized spacial score (nSPS) is 10.3. The highest BCUT2D eigenvalue weighted by Gasteiger charge is 2.09. The molecule has 0 aromatic heterocycles. The van der Waals surface area contributed by atoms with Crippen molar-refractivity contribution >= 4 is 17.5 Å². The van der Waals surface area contributed by atoms with E-state index < -0.39 is 0 Å². The molecular weight excluding hydrogens is 412 g/mol. The van der Waals surface area contributed by atoms with Crippen LogP contribution >= 0.6 is 0 Å². The molecular formula is C28H24N2O3. The van der Waals surface area contributed by atoms with E-state index in [0.717, 1.165) is 16.7 Å². The zero-order valence-electron chi connectivity index (χ0n) is 18.0. The van der Waals surface area contributed by atoms with Crippen molar-refractivity contribution in [2.24, 2.45) is 0 Å². The summed E-state index contributed by atoms with van der Waals surface area (Å²) in [5, 5.41) is 5.66. The number of benzene rings is 4. The lowest BCUT2D eigenvalue weighted by atomic mass is 10.1. The number of ether oxygens (including phenoxy) is 1. The van der Waals surface area contributed by atoms with Crippen LogP contribution in [0, 0.1) is 0 Å². The van der Waals surface area contributed by atoms with E-state index in [1.54, 1.807) is 24.3 Å². The first-order valence-electron chi connectivity index (χ1n) is 10.7. The first-order valence-corrected chi connectivity index (χ1v) is 10.7. The Morgan fingerprint density at radius 1 is 0.697 bits per heavy atom. The first-order chi connectivity index (χ1) is 16.2. The van der Waals surface area contributed by atoms with Crippen LogP contribution < -0.4 is 15.4 Å². The molecule has 4 rings (SSSR count). The number of rotatable bonds is 8. The van der Waals surface area contributed by atoms with Gasteiger partial charge in [0.2, 0.25) is 0 Å². The molecule has 2 amide bonds. The minimum Gasteiger partial charge on any atom is -0.484 e. The van der Waals surface area contributed by atoms with Crippen LogP contribution in [0.3, 0.4) is 0 Å². The van der Waals surface area contributed by atoms with Crippen molar-refractivity contribution in [2.75, 3.05) is 11.9 Å². The lowest BCUT2D eigenvalue weighted by Gasteiger charge is -2.10. The monoisotopic (exact) mass is 436 g/mol. The van der Waals surface area contributed by atoms with Crippen LogP contribution in [0.4, 0.5) is 5.69 Å². The fourth-order valence-corrected chi connectivity index (χ4v) is 3.34. The molecule has 0 unspecified atom stereocenters. The Hall–Kier alpha value is -4.38. The highest BCUT2D eigenvalue weighted by atomic mass is 16.5. The molecule has 0 heterocycles. The zero-order chi connectivity index (χ0) is 22.9. The van der Waals surface area contributed by atoms with Crippen molar-refractivity contribution in [1.82, 2.24) is 5.32 Å². The second-order valence-electron chi connectivity index (χ2n) is 7.48. The summed E-state index contributed by atoms with van der Waals surface area (Å²) in [6.07, 6.45) is 0. The zero-order valence-corrected chi connectivity index (χ0v) is 18.0. The fraction of sp³-hybridized carbons (Fsp3) is 0.0714. The quantitative estimate of drug-likeness (QED) is 0.394. The number of hydrogen-bond acceptors (Lipinski definition) is 3. The largest absolute Gasteiger partial charge is 0.484 e. The van der Waals surface area contributed by atoms with Gasteiger partial charge in [0.05, 0.1) is 0 Å². The van der Waals surface area contributed by atoms with Crippen molar-refractivity contribution in [2.45, 2.75) is 6.54 Å². The van der Waals surface area contributed by atoms with Gasteiger partial charge < -0.3 is 15.4 Å². The maximum absolute atomic E-state index is 12.4. The minimum atomic E-state index is -0.302. The lowest BCUT2D eigenvalue weighted by Crippen LogP contribution is -2.23. The number of hydrogen-bond donors (Lipinski definition) is 2. The summed E-state index contributed by atoms with van der Waals surface area (Å²) in [7, 11) is 0. The van der Waals surface area contributed by atoms with E-state index in [9.17, 15) is 9.59 Å². The maximum Gasteiger partial charge on any atom is 0.262 e. The molecule has 0 aliphatic heterocycles. The van der Waals surface area contributed by atoms with E-state index in [1.807, 2.05) is 84.9 Å². The maximum atomic E-state index is 12.4. The molecule has 4 aromatic rings. The third-order valence-electron chi connectivity index (χ3n) is 5.04. The summed E-state index contributed by atoms with van der Waals surface area (Å²) in [6, 6.07) is 34.2. The van der Waals surface area contributed by atoms with Gasteiger partial charge in [-0.2, -0.15) is 0 Å². The first kappa shape index (κ1) is 21.8. The van der Waals surface area contributed by atoms with Crippen LogP contribution in [-0.2, 0) is 11.3 Å². The van der Waals surface area contributed by atoms with E-state index in [4.69, 9.17) is 4.74 Å². The Kier molecular flexibility index (Phi) is 7.13. The summed E-state index contributed by atoms with van der Waals surface area (Å²) >= 11 is 0. The van der Waals surface area contributed by atoms with Gasteiger partial charge in [-0.25, -0.2) is 0 Å². The van der Waals surface area contributed by atoms with Crippen molar-refractivity contribution in [1.29, 1.82) is 0 Å². The Balaban J connectivity index is 1.28. The number of amides is 2. The molecule has 0 fully saturated rings. The van der Waals surface area contributed by atoms with Gasteiger partial charge in [-0.3, -0.25) is 9.59 Å². The predicted molar refractivity (Wildman–Crippen MR) is 130 cm³/mol. The summed E-state index contributed by atoms with van der Waals surface area (Å²) in [5.74, 6) is 0.104. The van der Waals surface area contributed by atoms with Gasteiger partial charge >= 0.3 is 0 Å². The molecule has 0 aliphatic carbocycles. The standard InChI is InChI=1S/C28H24N2O3/c31-27(20-33-26-16-14-23(15-17-26)22-10-5-2-6-11-22)30-25-13-7-12-24(18-25)28(32)29-19-21-8-3-1-4-9-21/h1-18H,19-20H2,(H,29,32)(H,30,31). The van der Waals surface area contributed by atoms with Crippen LogP contribution in [0.15, 0.2) is 109 Å². The molecule has 0 atom stereocenters. The van der Waals surface area contributed by atoms with Crippen LogP contribution in [-0.4, -0.2) is 18.4 Å². The van der Waals surface area contributed by atoms with Crippen LogP contribution in [0.1, 0.15) is 15.9 Å². The number of carbonyl (C=O) groups excluding carboxylic acids is 2. The molecule has 0 radical (unpaired) electrons. The number of carbonyl (C=O) groups is 2. The van der Waals surface area contributed by atoms with E-state index in [-0.39, 0.29) is 18.4 Å². The lowest BCUT2D eigenvalue weighted by molar-refractivity contribution is -0.118. The summed E-state index contributed by atoms with van der Waals surface area (Å²) in [4.78, 5) is 24.8. The SMILES string of the molecule is O=C(COc1ccc(-c2ccccc2)cc1)Nc1cccc(C(=O)NCc2ccccc2)c1. The summed E-state index contributed by atoms with van der Waals surface area (Å²) in [5.41, 5.74) is 4.23. The topological polar surface area (TPSA) is 67.4 Å². The van der Waals surface area contributed by atoms with Crippen molar-refractivity contribution in [3.8, 4) is 16.9 Å². The third kappa shape index (κ3) is 6.31. The molecule has 0 saturated heterocycles. The molecule has 4 aromatic carbocycles. The number of anilines is 1. The van der Waals surface area contributed by atoms with Gasteiger partial charge in [-0.05, 0) is 47.0 Å². The highest BCUT2D eigenvalue weighted by molar-refractivity contribution is 5.97. The second kappa shape index (κ2) is 10.8. The van der Waals surface area contributed by atoms with Gasteiger partial charge in [0.25, 0.3) is 11.8 Å². The van der Waals surface area contributed by atoms with E-state index in [0.29, 0.717) is 23.5 Å².